The van der Waals surface area contributed by atoms with Crippen LogP contribution >= 0.6 is 11.6 Å². The van der Waals surface area contributed by atoms with Gasteiger partial charge in [-0.15, -0.1) is 11.6 Å². The molecule has 0 saturated heterocycles. The topological polar surface area (TPSA) is 64.6 Å². The highest BCUT2D eigenvalue weighted by molar-refractivity contribution is 6.28. The number of hydrogen-bond donors (Lipinski definition) is 1. The maximum Gasteiger partial charge on any atom is 0.407 e. The van der Waals surface area contributed by atoms with Crippen molar-refractivity contribution in [3.05, 3.63) is 0 Å². The Kier molecular flexibility index (Phi) is 7.14. The standard InChI is InChI=1S/C8H14ClNO4/c1-13-4-3-6(7(11)5-9)10-8(12)14-2/h6H,3-5H2,1-2H3,(H,10,12). The molecule has 1 amide bonds. The molecule has 82 valence electrons. The van der Waals surface area contributed by atoms with E-state index < -0.39 is 12.1 Å². The Hall–Kier alpha value is -0.810. The van der Waals surface area contributed by atoms with Crippen molar-refractivity contribution in [1.29, 1.82) is 0 Å². The van der Waals surface area contributed by atoms with Crippen LogP contribution in [-0.4, -0.2) is 44.6 Å². The van der Waals surface area contributed by atoms with Crippen molar-refractivity contribution < 1.29 is 19.1 Å². The molecule has 0 saturated carbocycles. The molecule has 1 atom stereocenters. The minimum absolute atomic E-state index is 0.141. The molecule has 0 bridgehead atoms. The number of ether oxygens (including phenoxy) is 2. The second kappa shape index (κ2) is 7.58. The number of carbonyl (C=O) groups is 2. The molecule has 0 aromatic rings. The van der Waals surface area contributed by atoms with E-state index in [1.54, 1.807) is 0 Å². The molecule has 0 rings (SSSR count). The summed E-state index contributed by atoms with van der Waals surface area (Å²) in [7, 11) is 2.74. The molecule has 0 aromatic heterocycles. The van der Waals surface area contributed by atoms with Crippen molar-refractivity contribution in [2.24, 2.45) is 0 Å². The van der Waals surface area contributed by atoms with Crippen molar-refractivity contribution in [1.82, 2.24) is 5.32 Å². The van der Waals surface area contributed by atoms with Crippen LogP contribution in [0.2, 0.25) is 0 Å². The molecule has 0 heterocycles. The molecule has 14 heavy (non-hydrogen) atoms. The number of Topliss-reactive ketones (excluding diaryl/α,β-unsaturated/α-hetero) is 1. The number of carbonyl (C=O) groups excluding carboxylic acids is 2. The lowest BCUT2D eigenvalue weighted by Crippen LogP contribution is -2.42. The highest BCUT2D eigenvalue weighted by atomic mass is 35.5. The smallest absolute Gasteiger partial charge is 0.407 e. The van der Waals surface area contributed by atoms with Gasteiger partial charge in [-0.25, -0.2) is 4.79 Å². The second-order valence-corrected chi connectivity index (χ2v) is 2.84. The van der Waals surface area contributed by atoms with E-state index in [1.165, 1.54) is 14.2 Å². The summed E-state index contributed by atoms with van der Waals surface area (Å²) in [6.07, 6.45) is -0.262. The highest BCUT2D eigenvalue weighted by Crippen LogP contribution is 1.97. The molecule has 0 radical (unpaired) electrons. The van der Waals surface area contributed by atoms with Gasteiger partial charge in [0.1, 0.15) is 0 Å². The third-order valence-electron chi connectivity index (χ3n) is 1.61. The summed E-state index contributed by atoms with van der Waals surface area (Å²) >= 11 is 5.37. The van der Waals surface area contributed by atoms with E-state index in [2.05, 4.69) is 10.1 Å². The first-order chi connectivity index (χ1) is 6.65. The summed E-state index contributed by atoms with van der Waals surface area (Å²) in [5, 5.41) is 2.38. The maximum atomic E-state index is 11.2. The maximum absolute atomic E-state index is 11.2. The third-order valence-corrected chi connectivity index (χ3v) is 1.87. The Morgan fingerprint density at radius 3 is 2.50 bits per heavy atom. The fourth-order valence-corrected chi connectivity index (χ4v) is 1.03. The summed E-state index contributed by atoms with van der Waals surface area (Å²) < 4.78 is 9.16. The molecule has 1 N–H and O–H groups in total. The van der Waals surface area contributed by atoms with Gasteiger partial charge in [-0.05, 0) is 6.42 Å². The molecule has 6 heteroatoms. The highest BCUT2D eigenvalue weighted by Gasteiger charge is 2.19. The van der Waals surface area contributed by atoms with E-state index in [4.69, 9.17) is 16.3 Å². The van der Waals surface area contributed by atoms with E-state index in [9.17, 15) is 9.59 Å². The summed E-state index contributed by atoms with van der Waals surface area (Å²) in [6, 6.07) is -0.639. The first-order valence-corrected chi connectivity index (χ1v) is 4.61. The zero-order valence-corrected chi connectivity index (χ0v) is 8.97. The fourth-order valence-electron chi connectivity index (χ4n) is 0.844. The predicted molar refractivity (Wildman–Crippen MR) is 51.5 cm³/mol. The second-order valence-electron chi connectivity index (χ2n) is 2.57. The molecule has 0 aliphatic carbocycles. The number of ketones is 1. The van der Waals surface area contributed by atoms with E-state index in [-0.39, 0.29) is 11.7 Å². The third kappa shape index (κ3) is 5.04. The number of amides is 1. The summed E-state index contributed by atoms with van der Waals surface area (Å²) in [5.74, 6) is -0.396. The van der Waals surface area contributed by atoms with Crippen LogP contribution in [0.5, 0.6) is 0 Å². The van der Waals surface area contributed by atoms with Crippen LogP contribution in [0.3, 0.4) is 0 Å². The van der Waals surface area contributed by atoms with Crippen LogP contribution in [0.15, 0.2) is 0 Å². The SMILES string of the molecule is COCCC(NC(=O)OC)C(=O)CCl. The van der Waals surface area contributed by atoms with Crippen LogP contribution in [-0.2, 0) is 14.3 Å². The number of methoxy groups -OCH3 is 2. The van der Waals surface area contributed by atoms with Gasteiger partial charge in [0, 0.05) is 13.7 Å². The van der Waals surface area contributed by atoms with Gasteiger partial charge in [0.15, 0.2) is 5.78 Å². The Labute approximate surface area is 87.7 Å². The van der Waals surface area contributed by atoms with E-state index in [0.717, 1.165) is 0 Å². The number of rotatable bonds is 6. The van der Waals surface area contributed by atoms with Crippen LogP contribution in [0.1, 0.15) is 6.42 Å². The van der Waals surface area contributed by atoms with Crippen LogP contribution in [0.25, 0.3) is 0 Å². The van der Waals surface area contributed by atoms with Gasteiger partial charge >= 0.3 is 6.09 Å². The van der Waals surface area contributed by atoms with Crippen LogP contribution in [0.4, 0.5) is 4.79 Å². The van der Waals surface area contributed by atoms with E-state index in [0.29, 0.717) is 13.0 Å². The monoisotopic (exact) mass is 223 g/mol. The lowest BCUT2D eigenvalue weighted by Gasteiger charge is -2.14. The van der Waals surface area contributed by atoms with Crippen molar-refractivity contribution in [3.8, 4) is 0 Å². The van der Waals surface area contributed by atoms with Gasteiger partial charge < -0.3 is 14.8 Å². The Bertz CT molecular complexity index is 198. The number of halogens is 1. The first kappa shape index (κ1) is 13.2. The average Bonchev–Trinajstić information content (AvgIpc) is 2.22. The largest absolute Gasteiger partial charge is 0.453 e. The lowest BCUT2D eigenvalue weighted by atomic mass is 10.1. The van der Waals surface area contributed by atoms with Gasteiger partial charge in [-0.1, -0.05) is 0 Å². The van der Waals surface area contributed by atoms with E-state index in [1.807, 2.05) is 0 Å². The lowest BCUT2D eigenvalue weighted by molar-refractivity contribution is -0.119. The van der Waals surface area contributed by atoms with Crippen molar-refractivity contribution in [2.45, 2.75) is 12.5 Å². The first-order valence-electron chi connectivity index (χ1n) is 4.07. The van der Waals surface area contributed by atoms with Crippen LogP contribution in [0, 0.1) is 0 Å². The van der Waals surface area contributed by atoms with Crippen molar-refractivity contribution >= 4 is 23.5 Å². The van der Waals surface area contributed by atoms with Gasteiger partial charge in [0.25, 0.3) is 0 Å². The van der Waals surface area contributed by atoms with Crippen LogP contribution < -0.4 is 5.32 Å². The molecule has 0 spiro atoms. The minimum atomic E-state index is -0.649. The molecule has 1 unspecified atom stereocenters. The van der Waals surface area contributed by atoms with Gasteiger partial charge in [-0.3, -0.25) is 4.79 Å². The molecular weight excluding hydrogens is 210 g/mol. The van der Waals surface area contributed by atoms with E-state index >= 15 is 0 Å². The molecule has 0 aromatic carbocycles. The van der Waals surface area contributed by atoms with Crippen molar-refractivity contribution in [2.75, 3.05) is 26.7 Å². The zero-order chi connectivity index (χ0) is 11.0. The van der Waals surface area contributed by atoms with Gasteiger partial charge in [0.2, 0.25) is 0 Å². The average molecular weight is 224 g/mol. The predicted octanol–water partition coefficient (Wildman–Crippen LogP) is 0.555. The minimum Gasteiger partial charge on any atom is -0.453 e. The summed E-state index contributed by atoms with van der Waals surface area (Å²) in [6.45, 7) is 0.372. The molecule has 0 fully saturated rings. The molecule has 0 aliphatic heterocycles. The Balaban J connectivity index is 4.09. The molecule has 0 aliphatic rings. The van der Waals surface area contributed by atoms with Crippen molar-refractivity contribution in [3.63, 3.8) is 0 Å². The number of alkyl carbamates (subject to hydrolysis) is 1. The number of hydrogen-bond acceptors (Lipinski definition) is 4. The molecule has 5 nitrogen and oxygen atoms in total. The molecular formula is C8H14ClNO4. The summed E-state index contributed by atoms with van der Waals surface area (Å²) in [5.41, 5.74) is 0. The summed E-state index contributed by atoms with van der Waals surface area (Å²) in [4.78, 5) is 22.0. The van der Waals surface area contributed by atoms with Gasteiger partial charge in [0.05, 0.1) is 19.0 Å². The Morgan fingerprint density at radius 1 is 1.43 bits per heavy atom. The quantitative estimate of drug-likeness (QED) is 0.668. The van der Waals surface area contributed by atoms with Gasteiger partial charge in [-0.2, -0.15) is 0 Å². The number of alkyl halides is 1. The number of nitrogens with one attached hydrogen (secondary N) is 1. The zero-order valence-electron chi connectivity index (χ0n) is 8.21. The Morgan fingerprint density at radius 2 is 2.07 bits per heavy atom. The fraction of sp³-hybridized carbons (Fsp3) is 0.750. The normalized spacial score (nSPS) is 11.9.